The Morgan fingerprint density at radius 1 is 1.19 bits per heavy atom. The number of fused-ring (bicyclic) bond motifs is 2. The Morgan fingerprint density at radius 2 is 1.89 bits per heavy atom. The van der Waals surface area contributed by atoms with Crippen LogP contribution in [-0.4, -0.2) is 23.8 Å². The van der Waals surface area contributed by atoms with E-state index < -0.39 is 0 Å². The van der Waals surface area contributed by atoms with Crippen molar-refractivity contribution in [2.24, 2.45) is 17.8 Å². The average Bonchev–Trinajstić information content (AvgIpc) is 3.15. The summed E-state index contributed by atoms with van der Waals surface area (Å²) in [6.45, 7) is 0.186. The van der Waals surface area contributed by atoms with Crippen molar-refractivity contribution >= 4 is 23.1 Å². The molecule has 0 saturated heterocycles. The molecule has 1 aromatic carbocycles. The molecule has 0 aliphatic heterocycles. The maximum Gasteiger partial charge on any atom is 0.309 e. The molecule has 27 heavy (non-hydrogen) atoms. The third-order valence-corrected chi connectivity index (χ3v) is 6.57. The number of Topliss-reactive ketones (excluding diaryl/α,β-unsaturated/α-hetero) is 1. The fraction of sp³-hybridized carbons (Fsp3) is 0.476. The van der Waals surface area contributed by atoms with Crippen molar-refractivity contribution in [3.63, 3.8) is 0 Å². The molecular formula is C21H23NO4S. The number of esters is 1. The standard InChI is InChI=1S/C21H23NO4S/c1-25-18-7-5-13(6-8-18)20-22-17(12-27-20)11-26-21(24)16-9-14-3-2-4-15(10-16)19(14)23/h5-8,12,14-16H,2-4,9-11H2,1H3. The fourth-order valence-corrected chi connectivity index (χ4v) is 4.98. The second-order valence-corrected chi connectivity index (χ2v) is 8.23. The van der Waals surface area contributed by atoms with Crippen LogP contribution in [-0.2, 0) is 20.9 Å². The zero-order valence-electron chi connectivity index (χ0n) is 15.3. The summed E-state index contributed by atoms with van der Waals surface area (Å²) in [5, 5.41) is 2.81. The van der Waals surface area contributed by atoms with Gasteiger partial charge in [0, 0.05) is 22.8 Å². The molecule has 0 spiro atoms. The van der Waals surface area contributed by atoms with Gasteiger partial charge in [-0.25, -0.2) is 4.98 Å². The van der Waals surface area contributed by atoms with Gasteiger partial charge in [0.15, 0.2) is 0 Å². The van der Waals surface area contributed by atoms with Crippen molar-refractivity contribution in [1.82, 2.24) is 4.98 Å². The molecule has 1 heterocycles. The topological polar surface area (TPSA) is 65.5 Å². The maximum absolute atomic E-state index is 12.5. The fourth-order valence-electron chi connectivity index (χ4n) is 4.17. The Balaban J connectivity index is 1.34. The molecule has 1 aromatic heterocycles. The molecule has 6 heteroatoms. The van der Waals surface area contributed by atoms with Gasteiger partial charge < -0.3 is 9.47 Å². The molecule has 4 rings (SSSR count). The number of carbonyl (C=O) groups is 2. The van der Waals surface area contributed by atoms with Crippen LogP contribution in [0.5, 0.6) is 5.75 Å². The minimum atomic E-state index is -0.182. The molecule has 0 amide bonds. The average molecular weight is 385 g/mol. The Hall–Kier alpha value is -2.21. The van der Waals surface area contributed by atoms with Crippen LogP contribution in [0.1, 0.15) is 37.8 Å². The highest BCUT2D eigenvalue weighted by Gasteiger charge is 2.41. The van der Waals surface area contributed by atoms with Gasteiger partial charge in [-0.15, -0.1) is 11.3 Å². The summed E-state index contributed by atoms with van der Waals surface area (Å²) in [7, 11) is 1.64. The van der Waals surface area contributed by atoms with Crippen LogP contribution in [0.25, 0.3) is 10.6 Å². The molecule has 2 saturated carbocycles. The van der Waals surface area contributed by atoms with E-state index in [-0.39, 0.29) is 30.3 Å². The third kappa shape index (κ3) is 3.90. The molecule has 2 bridgehead atoms. The number of nitrogens with zero attached hydrogens (tertiary/aromatic N) is 1. The Labute approximate surface area is 162 Å². The third-order valence-electron chi connectivity index (χ3n) is 5.63. The summed E-state index contributed by atoms with van der Waals surface area (Å²) in [5.41, 5.74) is 1.77. The predicted molar refractivity (Wildman–Crippen MR) is 102 cm³/mol. The van der Waals surface area contributed by atoms with Crippen LogP contribution in [0, 0.1) is 17.8 Å². The summed E-state index contributed by atoms with van der Waals surface area (Å²) in [5.74, 6) is 0.984. The maximum atomic E-state index is 12.5. The first kappa shape index (κ1) is 18.2. The van der Waals surface area contributed by atoms with Crippen LogP contribution in [0.15, 0.2) is 29.6 Å². The molecule has 2 aliphatic rings. The van der Waals surface area contributed by atoms with Gasteiger partial charge in [0.25, 0.3) is 0 Å². The molecule has 0 N–H and O–H groups in total. The number of ether oxygens (including phenoxy) is 2. The van der Waals surface area contributed by atoms with Gasteiger partial charge in [-0.3, -0.25) is 9.59 Å². The Bertz CT molecular complexity index is 813. The van der Waals surface area contributed by atoms with Gasteiger partial charge in [0.1, 0.15) is 23.1 Å². The molecule has 2 fully saturated rings. The summed E-state index contributed by atoms with van der Waals surface area (Å²) in [6, 6.07) is 7.73. The summed E-state index contributed by atoms with van der Waals surface area (Å²) in [6.07, 6.45) is 4.27. The van der Waals surface area contributed by atoms with Crippen LogP contribution in [0.3, 0.4) is 0 Å². The first-order valence-electron chi connectivity index (χ1n) is 9.43. The summed E-state index contributed by atoms with van der Waals surface area (Å²) >= 11 is 1.53. The lowest BCUT2D eigenvalue weighted by atomic mass is 9.67. The molecule has 2 aliphatic carbocycles. The quantitative estimate of drug-likeness (QED) is 0.720. The van der Waals surface area contributed by atoms with Gasteiger partial charge in [0.05, 0.1) is 18.7 Å². The van der Waals surface area contributed by atoms with E-state index in [1.807, 2.05) is 29.6 Å². The number of benzene rings is 1. The molecule has 2 unspecified atom stereocenters. The highest BCUT2D eigenvalue weighted by Crippen LogP contribution is 2.40. The van der Waals surface area contributed by atoms with E-state index in [0.29, 0.717) is 18.6 Å². The van der Waals surface area contributed by atoms with E-state index in [2.05, 4.69) is 4.98 Å². The second-order valence-electron chi connectivity index (χ2n) is 7.38. The van der Waals surface area contributed by atoms with Crippen LogP contribution in [0.4, 0.5) is 0 Å². The number of hydrogen-bond donors (Lipinski definition) is 0. The predicted octanol–water partition coefficient (Wildman–Crippen LogP) is 4.26. The van der Waals surface area contributed by atoms with Crippen LogP contribution >= 0.6 is 11.3 Å². The highest BCUT2D eigenvalue weighted by atomic mass is 32.1. The van der Waals surface area contributed by atoms with E-state index in [0.717, 1.165) is 41.3 Å². The Kier molecular flexibility index (Phi) is 5.25. The first-order valence-corrected chi connectivity index (χ1v) is 10.3. The summed E-state index contributed by atoms with van der Waals surface area (Å²) in [4.78, 5) is 29.2. The number of ketones is 1. The van der Waals surface area contributed by atoms with Crippen LogP contribution < -0.4 is 4.74 Å². The smallest absolute Gasteiger partial charge is 0.309 e. The van der Waals surface area contributed by atoms with E-state index in [1.54, 1.807) is 7.11 Å². The number of thiazole rings is 1. The number of hydrogen-bond acceptors (Lipinski definition) is 6. The molecule has 142 valence electrons. The van der Waals surface area contributed by atoms with Gasteiger partial charge in [-0.05, 0) is 49.9 Å². The largest absolute Gasteiger partial charge is 0.497 e. The highest BCUT2D eigenvalue weighted by molar-refractivity contribution is 7.13. The van der Waals surface area contributed by atoms with Gasteiger partial charge >= 0.3 is 5.97 Å². The molecule has 2 atom stereocenters. The minimum Gasteiger partial charge on any atom is -0.497 e. The number of methoxy groups -OCH3 is 1. The SMILES string of the molecule is COc1ccc(-c2nc(COC(=O)C3CC4CCCC(C3)C4=O)cs2)cc1. The lowest BCUT2D eigenvalue weighted by molar-refractivity contribution is -0.154. The van der Waals surface area contributed by atoms with Gasteiger partial charge in [-0.1, -0.05) is 6.42 Å². The number of aromatic nitrogens is 1. The molecule has 5 nitrogen and oxygen atoms in total. The van der Waals surface area contributed by atoms with Crippen molar-refractivity contribution in [1.29, 1.82) is 0 Å². The zero-order valence-corrected chi connectivity index (χ0v) is 16.2. The normalized spacial score (nSPS) is 24.5. The van der Waals surface area contributed by atoms with Crippen molar-refractivity contribution in [2.45, 2.75) is 38.7 Å². The Morgan fingerprint density at radius 3 is 2.56 bits per heavy atom. The monoisotopic (exact) mass is 385 g/mol. The first-order chi connectivity index (χ1) is 13.1. The minimum absolute atomic E-state index is 0.0657. The lowest BCUT2D eigenvalue weighted by Crippen LogP contribution is -2.39. The summed E-state index contributed by atoms with van der Waals surface area (Å²) < 4.78 is 10.7. The van der Waals surface area contributed by atoms with Crippen molar-refractivity contribution in [2.75, 3.05) is 7.11 Å². The lowest BCUT2D eigenvalue weighted by Gasteiger charge is -2.36. The van der Waals surface area contributed by atoms with E-state index in [1.165, 1.54) is 11.3 Å². The van der Waals surface area contributed by atoms with Crippen LogP contribution in [0.2, 0.25) is 0 Å². The number of rotatable bonds is 5. The van der Waals surface area contributed by atoms with E-state index in [9.17, 15) is 9.59 Å². The number of carbonyl (C=O) groups excluding carboxylic acids is 2. The molecule has 2 aromatic rings. The zero-order chi connectivity index (χ0) is 18.8. The molecular weight excluding hydrogens is 362 g/mol. The van der Waals surface area contributed by atoms with Crippen molar-refractivity contribution < 1.29 is 19.1 Å². The van der Waals surface area contributed by atoms with Crippen molar-refractivity contribution in [3.05, 3.63) is 35.3 Å². The van der Waals surface area contributed by atoms with Crippen molar-refractivity contribution in [3.8, 4) is 16.3 Å². The van der Waals surface area contributed by atoms with E-state index >= 15 is 0 Å². The van der Waals surface area contributed by atoms with Gasteiger partial charge in [-0.2, -0.15) is 0 Å². The van der Waals surface area contributed by atoms with Gasteiger partial charge in [0.2, 0.25) is 0 Å². The van der Waals surface area contributed by atoms with E-state index in [4.69, 9.17) is 9.47 Å². The molecule has 0 radical (unpaired) electrons. The second kappa shape index (κ2) is 7.80.